The maximum atomic E-state index is 12.0. The third-order valence-electron chi connectivity index (χ3n) is 2.85. The first kappa shape index (κ1) is 13.9. The second kappa shape index (κ2) is 4.26. The van der Waals surface area contributed by atoms with Crippen molar-refractivity contribution < 1.29 is 9.59 Å². The normalized spacial score (nSPS) is 18.9. The van der Waals surface area contributed by atoms with Crippen molar-refractivity contribution in [2.45, 2.75) is 52.1 Å². The predicted octanol–water partition coefficient (Wildman–Crippen LogP) is 1.67. The molecule has 0 saturated carbocycles. The van der Waals surface area contributed by atoms with Crippen molar-refractivity contribution >= 4 is 23.3 Å². The third kappa shape index (κ3) is 2.60. The molecule has 0 radical (unpaired) electrons. The van der Waals surface area contributed by atoms with Crippen molar-refractivity contribution in [3.05, 3.63) is 10.0 Å². The molecular weight excluding hydrogens is 264 g/mol. The van der Waals surface area contributed by atoms with Crippen LogP contribution in [0.15, 0.2) is 0 Å². The number of carbonyl (C=O) groups excluding carboxylic acids is 2. The van der Waals surface area contributed by atoms with E-state index in [1.165, 1.54) is 16.2 Å². The molecule has 19 heavy (non-hydrogen) atoms. The second-order valence-corrected chi connectivity index (χ2v) is 7.26. The number of hydrogen-bond donors (Lipinski definition) is 1. The molecular formula is C12H18N4O2S. The molecule has 1 aromatic heterocycles. The first-order valence-corrected chi connectivity index (χ1v) is 6.90. The van der Waals surface area contributed by atoms with E-state index in [0.717, 1.165) is 5.01 Å². The largest absolute Gasteiger partial charge is 0.325 e. The van der Waals surface area contributed by atoms with Crippen LogP contribution in [-0.4, -0.2) is 32.6 Å². The van der Waals surface area contributed by atoms with Gasteiger partial charge < -0.3 is 5.32 Å². The smallest absolute Gasteiger partial charge is 0.324 e. The highest BCUT2D eigenvalue weighted by Crippen LogP contribution is 2.27. The summed E-state index contributed by atoms with van der Waals surface area (Å²) in [5.74, 6) is -0.231. The van der Waals surface area contributed by atoms with E-state index < -0.39 is 5.54 Å². The number of nitrogens with zero attached hydrogens (tertiary/aromatic N) is 3. The van der Waals surface area contributed by atoms with Crippen molar-refractivity contribution in [2.75, 3.05) is 0 Å². The fourth-order valence-corrected chi connectivity index (χ4v) is 2.60. The van der Waals surface area contributed by atoms with Gasteiger partial charge in [0.25, 0.3) is 5.91 Å². The molecule has 0 bridgehead atoms. The summed E-state index contributed by atoms with van der Waals surface area (Å²) >= 11 is 1.43. The van der Waals surface area contributed by atoms with Gasteiger partial charge in [0.2, 0.25) is 0 Å². The Morgan fingerprint density at radius 3 is 2.32 bits per heavy atom. The number of nitrogens with one attached hydrogen (secondary N) is 1. The minimum Gasteiger partial charge on any atom is -0.324 e. The molecule has 1 aliphatic rings. The van der Waals surface area contributed by atoms with E-state index in [1.54, 1.807) is 13.8 Å². The van der Waals surface area contributed by atoms with Gasteiger partial charge in [0.1, 0.15) is 15.6 Å². The number of imide groups is 1. The van der Waals surface area contributed by atoms with Crippen molar-refractivity contribution in [2.24, 2.45) is 0 Å². The molecule has 0 aliphatic carbocycles. The molecule has 6 nitrogen and oxygen atoms in total. The molecule has 2 rings (SSSR count). The molecule has 104 valence electrons. The summed E-state index contributed by atoms with van der Waals surface area (Å²) in [4.78, 5) is 25.0. The lowest BCUT2D eigenvalue weighted by Gasteiger charge is -2.15. The number of amides is 3. The van der Waals surface area contributed by atoms with E-state index in [0.29, 0.717) is 5.01 Å². The van der Waals surface area contributed by atoms with E-state index in [4.69, 9.17) is 0 Å². The van der Waals surface area contributed by atoms with Crippen LogP contribution in [0.2, 0.25) is 0 Å². The number of urea groups is 1. The quantitative estimate of drug-likeness (QED) is 0.837. The van der Waals surface area contributed by atoms with Crippen LogP contribution in [0.5, 0.6) is 0 Å². The number of carbonyl (C=O) groups is 2. The zero-order valence-corrected chi connectivity index (χ0v) is 12.6. The van der Waals surface area contributed by atoms with Crippen LogP contribution in [-0.2, 0) is 16.8 Å². The summed E-state index contributed by atoms with van der Waals surface area (Å²) in [5, 5.41) is 12.4. The first-order valence-electron chi connectivity index (χ1n) is 6.08. The summed E-state index contributed by atoms with van der Waals surface area (Å²) in [6.07, 6.45) is 0. The summed E-state index contributed by atoms with van der Waals surface area (Å²) < 4.78 is 0. The molecule has 1 aromatic rings. The maximum absolute atomic E-state index is 12.0. The molecule has 1 aliphatic heterocycles. The minimum absolute atomic E-state index is 0.0769. The van der Waals surface area contributed by atoms with Crippen LogP contribution < -0.4 is 5.32 Å². The van der Waals surface area contributed by atoms with Crippen LogP contribution in [0.25, 0.3) is 0 Å². The van der Waals surface area contributed by atoms with Crippen LogP contribution in [0.4, 0.5) is 4.79 Å². The zero-order valence-electron chi connectivity index (χ0n) is 11.8. The summed E-state index contributed by atoms with van der Waals surface area (Å²) in [5.41, 5.74) is -0.916. The number of hydrogen-bond acceptors (Lipinski definition) is 5. The van der Waals surface area contributed by atoms with Crippen molar-refractivity contribution in [3.63, 3.8) is 0 Å². The highest BCUT2D eigenvalue weighted by atomic mass is 32.1. The lowest BCUT2D eigenvalue weighted by atomic mass is 9.98. The Kier molecular flexibility index (Phi) is 3.12. The molecule has 3 amide bonds. The highest BCUT2D eigenvalue weighted by Gasteiger charge is 2.44. The predicted molar refractivity (Wildman–Crippen MR) is 71.8 cm³/mol. The Morgan fingerprint density at radius 2 is 1.89 bits per heavy atom. The second-order valence-electron chi connectivity index (χ2n) is 6.20. The summed E-state index contributed by atoms with van der Waals surface area (Å²) in [7, 11) is 0. The average molecular weight is 282 g/mol. The Balaban J connectivity index is 2.16. The molecule has 0 unspecified atom stereocenters. The standard InChI is InChI=1S/C12H18N4O2S/c1-11(2,3)8-15-14-7(19-8)6-16-9(17)12(4,5)13-10(16)18/h6H2,1-5H3,(H,13,18). The molecule has 1 saturated heterocycles. The molecule has 1 N–H and O–H groups in total. The molecule has 0 atom stereocenters. The van der Waals surface area contributed by atoms with Crippen molar-refractivity contribution in [1.82, 2.24) is 20.4 Å². The van der Waals surface area contributed by atoms with Gasteiger partial charge in [-0.2, -0.15) is 0 Å². The van der Waals surface area contributed by atoms with Crippen LogP contribution in [0.1, 0.15) is 44.6 Å². The van der Waals surface area contributed by atoms with Crippen molar-refractivity contribution in [3.8, 4) is 0 Å². The molecule has 0 aromatic carbocycles. The summed E-state index contributed by atoms with van der Waals surface area (Å²) in [6, 6.07) is -0.373. The lowest BCUT2D eigenvalue weighted by molar-refractivity contribution is -0.130. The molecule has 7 heteroatoms. The molecule has 0 spiro atoms. The van der Waals surface area contributed by atoms with E-state index in [9.17, 15) is 9.59 Å². The third-order valence-corrected chi connectivity index (χ3v) is 4.18. The first-order chi connectivity index (χ1) is 8.61. The number of rotatable bonds is 2. The fraction of sp³-hybridized carbons (Fsp3) is 0.667. The lowest BCUT2D eigenvalue weighted by Crippen LogP contribution is -2.40. The van der Waals surface area contributed by atoms with Gasteiger partial charge >= 0.3 is 6.03 Å². The van der Waals surface area contributed by atoms with Gasteiger partial charge in [-0.25, -0.2) is 4.79 Å². The summed E-state index contributed by atoms with van der Waals surface area (Å²) in [6.45, 7) is 9.71. The van der Waals surface area contributed by atoms with Crippen LogP contribution in [0, 0.1) is 0 Å². The van der Waals surface area contributed by atoms with E-state index >= 15 is 0 Å². The van der Waals surface area contributed by atoms with Gasteiger partial charge in [0, 0.05) is 5.41 Å². The van der Waals surface area contributed by atoms with Gasteiger partial charge in [-0.05, 0) is 13.8 Å². The van der Waals surface area contributed by atoms with E-state index in [1.807, 2.05) is 20.8 Å². The van der Waals surface area contributed by atoms with Gasteiger partial charge in [0.15, 0.2) is 0 Å². The van der Waals surface area contributed by atoms with Crippen LogP contribution >= 0.6 is 11.3 Å². The van der Waals surface area contributed by atoms with E-state index in [2.05, 4.69) is 15.5 Å². The van der Waals surface area contributed by atoms with Crippen LogP contribution in [0.3, 0.4) is 0 Å². The van der Waals surface area contributed by atoms with Crippen molar-refractivity contribution in [1.29, 1.82) is 0 Å². The fourth-order valence-electron chi connectivity index (χ4n) is 1.72. The zero-order chi connectivity index (χ0) is 14.4. The monoisotopic (exact) mass is 282 g/mol. The average Bonchev–Trinajstić information content (AvgIpc) is 2.77. The molecule has 2 heterocycles. The Labute approximate surface area is 116 Å². The Morgan fingerprint density at radius 1 is 1.26 bits per heavy atom. The van der Waals surface area contributed by atoms with Gasteiger partial charge in [-0.1, -0.05) is 32.1 Å². The molecule has 1 fully saturated rings. The van der Waals surface area contributed by atoms with Gasteiger partial charge in [0.05, 0.1) is 6.54 Å². The maximum Gasteiger partial charge on any atom is 0.325 e. The topological polar surface area (TPSA) is 75.2 Å². The highest BCUT2D eigenvalue weighted by molar-refractivity contribution is 7.11. The number of aromatic nitrogens is 2. The van der Waals surface area contributed by atoms with E-state index in [-0.39, 0.29) is 23.9 Å². The SMILES string of the molecule is CC1(C)NC(=O)N(Cc2nnc(C(C)(C)C)s2)C1=O. The minimum atomic E-state index is -0.839. The van der Waals surface area contributed by atoms with Gasteiger partial charge in [-0.3, -0.25) is 9.69 Å². The Hall–Kier alpha value is -1.50. The Bertz CT molecular complexity index is 530. The van der Waals surface area contributed by atoms with Gasteiger partial charge in [-0.15, -0.1) is 10.2 Å².